The fourth-order valence-corrected chi connectivity index (χ4v) is 2.95. The number of hydrogen-bond acceptors (Lipinski definition) is 3. The lowest BCUT2D eigenvalue weighted by atomic mass is 10.1. The largest absolute Gasteiger partial charge is 0.478 e. The third-order valence-corrected chi connectivity index (χ3v) is 4.12. The zero-order chi connectivity index (χ0) is 14.6. The van der Waals surface area contributed by atoms with Gasteiger partial charge in [0, 0.05) is 5.02 Å². The molecule has 0 radical (unpaired) electrons. The van der Waals surface area contributed by atoms with Crippen LogP contribution in [-0.4, -0.2) is 26.0 Å². The summed E-state index contributed by atoms with van der Waals surface area (Å²) in [6.07, 6.45) is 0. The number of halogens is 1. The third kappa shape index (κ3) is 3.70. The predicted octanol–water partition coefficient (Wildman–Crippen LogP) is 1.65. The van der Waals surface area contributed by atoms with E-state index in [0.29, 0.717) is 0 Å². The molecule has 1 aromatic carbocycles. The molecule has 0 aliphatic rings. The van der Waals surface area contributed by atoms with Crippen molar-refractivity contribution in [2.75, 3.05) is 6.54 Å². The molecule has 102 valence electrons. The summed E-state index contributed by atoms with van der Waals surface area (Å²) in [5.41, 5.74) is -0.0108. The Hall–Kier alpha value is -1.55. The van der Waals surface area contributed by atoms with Gasteiger partial charge < -0.3 is 5.11 Å². The van der Waals surface area contributed by atoms with Crippen molar-refractivity contribution in [1.29, 1.82) is 0 Å². The molecular formula is C12H12ClNO4S. The van der Waals surface area contributed by atoms with Crippen LogP contribution in [0, 0.1) is 18.8 Å². The molecule has 0 aliphatic heterocycles. The molecule has 1 rings (SSSR count). The Kier molecular flexibility index (Phi) is 4.95. The molecule has 0 aliphatic carbocycles. The number of carbonyl (C=O) groups is 1. The summed E-state index contributed by atoms with van der Waals surface area (Å²) in [6.45, 7) is 2.95. The van der Waals surface area contributed by atoms with Gasteiger partial charge in [-0.3, -0.25) is 0 Å². The van der Waals surface area contributed by atoms with Crippen molar-refractivity contribution < 1.29 is 18.3 Å². The topological polar surface area (TPSA) is 83.5 Å². The second-order valence-electron chi connectivity index (χ2n) is 3.63. The number of carboxylic acids is 1. The minimum Gasteiger partial charge on any atom is -0.478 e. The maximum Gasteiger partial charge on any atom is 0.336 e. The zero-order valence-corrected chi connectivity index (χ0v) is 11.9. The molecule has 0 amide bonds. The Labute approximate surface area is 116 Å². The first kappa shape index (κ1) is 15.5. The summed E-state index contributed by atoms with van der Waals surface area (Å²) in [5.74, 6) is 3.87. The maximum absolute atomic E-state index is 12.0. The highest BCUT2D eigenvalue weighted by Crippen LogP contribution is 2.24. The van der Waals surface area contributed by atoms with Gasteiger partial charge in [0.15, 0.2) is 0 Å². The molecule has 1 aromatic rings. The van der Waals surface area contributed by atoms with Crippen molar-refractivity contribution in [2.45, 2.75) is 18.7 Å². The molecular weight excluding hydrogens is 290 g/mol. The van der Waals surface area contributed by atoms with E-state index < -0.39 is 16.0 Å². The highest BCUT2D eigenvalue weighted by atomic mass is 35.5. The van der Waals surface area contributed by atoms with Crippen LogP contribution < -0.4 is 4.72 Å². The summed E-state index contributed by atoms with van der Waals surface area (Å²) in [4.78, 5) is 10.9. The summed E-state index contributed by atoms with van der Waals surface area (Å²) in [6, 6.07) is 2.43. The summed E-state index contributed by atoms with van der Waals surface area (Å²) < 4.78 is 26.3. The van der Waals surface area contributed by atoms with Crippen molar-refractivity contribution in [3.05, 3.63) is 28.3 Å². The van der Waals surface area contributed by atoms with Gasteiger partial charge in [0.25, 0.3) is 0 Å². The van der Waals surface area contributed by atoms with Crippen molar-refractivity contribution in [3.8, 4) is 11.8 Å². The lowest BCUT2D eigenvalue weighted by Crippen LogP contribution is -2.25. The molecule has 19 heavy (non-hydrogen) atoms. The number of carboxylic acid groups (broad SMARTS) is 1. The van der Waals surface area contributed by atoms with E-state index in [1.54, 1.807) is 6.92 Å². The van der Waals surface area contributed by atoms with Crippen LogP contribution in [0.5, 0.6) is 0 Å². The van der Waals surface area contributed by atoms with Gasteiger partial charge in [-0.1, -0.05) is 17.5 Å². The van der Waals surface area contributed by atoms with E-state index in [4.69, 9.17) is 16.7 Å². The Bertz CT molecular complexity index is 671. The van der Waals surface area contributed by atoms with Gasteiger partial charge in [-0.15, -0.1) is 5.92 Å². The van der Waals surface area contributed by atoms with E-state index in [1.807, 2.05) is 0 Å². The Morgan fingerprint density at radius 1 is 1.47 bits per heavy atom. The average molecular weight is 302 g/mol. The molecule has 5 nitrogen and oxygen atoms in total. The van der Waals surface area contributed by atoms with Crippen molar-refractivity contribution in [1.82, 2.24) is 4.72 Å². The van der Waals surface area contributed by atoms with E-state index >= 15 is 0 Å². The fourth-order valence-electron chi connectivity index (χ4n) is 1.45. The Morgan fingerprint density at radius 3 is 2.63 bits per heavy atom. The SMILES string of the molecule is CC#CCNS(=O)(=O)c1cc(Cl)cc(C(=O)O)c1C. The number of hydrogen-bond donors (Lipinski definition) is 2. The van der Waals surface area contributed by atoms with Crippen molar-refractivity contribution in [2.24, 2.45) is 0 Å². The van der Waals surface area contributed by atoms with Crippen LogP contribution in [-0.2, 0) is 10.0 Å². The first-order valence-electron chi connectivity index (χ1n) is 5.22. The average Bonchev–Trinajstić information content (AvgIpc) is 2.31. The first-order chi connectivity index (χ1) is 8.79. The van der Waals surface area contributed by atoms with Gasteiger partial charge >= 0.3 is 5.97 Å². The van der Waals surface area contributed by atoms with Crippen molar-refractivity contribution >= 4 is 27.6 Å². The van der Waals surface area contributed by atoms with E-state index in [9.17, 15) is 13.2 Å². The van der Waals surface area contributed by atoms with Gasteiger partial charge in [0.1, 0.15) is 0 Å². The number of nitrogens with one attached hydrogen (secondary N) is 1. The van der Waals surface area contributed by atoms with Crippen LogP contribution in [0.4, 0.5) is 0 Å². The molecule has 0 heterocycles. The highest BCUT2D eigenvalue weighted by Gasteiger charge is 2.21. The standard InChI is InChI=1S/C12H12ClNO4S/c1-3-4-5-14-19(17,18)11-7-9(13)6-10(8(11)2)12(15)16/h6-7,14H,5H2,1-2H3,(H,15,16). The number of benzene rings is 1. The number of sulfonamides is 1. The minimum atomic E-state index is -3.84. The van der Waals surface area contributed by atoms with E-state index in [2.05, 4.69) is 16.6 Å². The van der Waals surface area contributed by atoms with E-state index in [-0.39, 0.29) is 27.6 Å². The van der Waals surface area contributed by atoms with Crippen LogP contribution >= 0.6 is 11.6 Å². The maximum atomic E-state index is 12.0. The molecule has 7 heteroatoms. The molecule has 0 saturated carbocycles. The molecule has 0 bridgehead atoms. The van der Waals surface area contributed by atoms with Crippen LogP contribution in [0.3, 0.4) is 0 Å². The zero-order valence-electron chi connectivity index (χ0n) is 10.3. The molecule has 0 spiro atoms. The minimum absolute atomic E-state index is 0.0463. The second kappa shape index (κ2) is 6.06. The fraction of sp³-hybridized carbons (Fsp3) is 0.250. The van der Waals surface area contributed by atoms with E-state index in [1.165, 1.54) is 19.1 Å². The molecule has 0 fully saturated rings. The molecule has 0 aromatic heterocycles. The van der Waals surface area contributed by atoms with Gasteiger partial charge in [-0.2, -0.15) is 4.72 Å². The number of rotatable bonds is 4. The summed E-state index contributed by atoms with van der Waals surface area (Å²) in [5, 5.41) is 9.04. The smallest absolute Gasteiger partial charge is 0.336 e. The second-order valence-corrected chi connectivity index (χ2v) is 5.80. The van der Waals surface area contributed by atoms with Gasteiger partial charge in [0.05, 0.1) is 17.0 Å². The third-order valence-electron chi connectivity index (χ3n) is 2.37. The van der Waals surface area contributed by atoms with Gasteiger partial charge in [-0.25, -0.2) is 13.2 Å². The summed E-state index contributed by atoms with van der Waals surface area (Å²) >= 11 is 5.75. The Morgan fingerprint density at radius 2 is 2.11 bits per heavy atom. The quantitative estimate of drug-likeness (QED) is 0.828. The van der Waals surface area contributed by atoms with Gasteiger partial charge in [-0.05, 0) is 31.5 Å². The van der Waals surface area contributed by atoms with Crippen LogP contribution in [0.1, 0.15) is 22.8 Å². The lowest BCUT2D eigenvalue weighted by Gasteiger charge is -2.10. The predicted molar refractivity (Wildman–Crippen MR) is 71.8 cm³/mol. The lowest BCUT2D eigenvalue weighted by molar-refractivity contribution is 0.0696. The van der Waals surface area contributed by atoms with Crippen LogP contribution in [0.15, 0.2) is 17.0 Å². The number of aromatic carboxylic acids is 1. The molecule has 0 atom stereocenters. The molecule has 2 N–H and O–H groups in total. The Balaban J connectivity index is 3.33. The monoisotopic (exact) mass is 301 g/mol. The van der Waals surface area contributed by atoms with E-state index in [0.717, 1.165) is 0 Å². The first-order valence-corrected chi connectivity index (χ1v) is 7.08. The van der Waals surface area contributed by atoms with Crippen LogP contribution in [0.2, 0.25) is 5.02 Å². The van der Waals surface area contributed by atoms with Crippen LogP contribution in [0.25, 0.3) is 0 Å². The summed E-state index contributed by atoms with van der Waals surface area (Å²) in [7, 11) is -3.84. The molecule has 0 saturated heterocycles. The normalized spacial score (nSPS) is 10.7. The van der Waals surface area contributed by atoms with Crippen molar-refractivity contribution in [3.63, 3.8) is 0 Å². The highest BCUT2D eigenvalue weighted by molar-refractivity contribution is 7.89. The van der Waals surface area contributed by atoms with Gasteiger partial charge in [0.2, 0.25) is 10.0 Å². The molecule has 0 unspecified atom stereocenters.